The van der Waals surface area contributed by atoms with Gasteiger partial charge in [0.2, 0.25) is 0 Å². The summed E-state index contributed by atoms with van der Waals surface area (Å²) in [5.41, 5.74) is 3.32. The van der Waals surface area contributed by atoms with Gasteiger partial charge < -0.3 is 9.47 Å². The first-order chi connectivity index (χ1) is 15.5. The molecule has 3 unspecified atom stereocenters. The summed E-state index contributed by atoms with van der Waals surface area (Å²) in [5, 5.41) is 0. The van der Waals surface area contributed by atoms with Crippen molar-refractivity contribution in [3.8, 4) is 11.5 Å². The highest BCUT2D eigenvalue weighted by molar-refractivity contribution is 6.03. The molecule has 2 rings (SSSR count). The number of hydrogen-bond donors (Lipinski definition) is 0. The van der Waals surface area contributed by atoms with Gasteiger partial charge in [0.05, 0.1) is 19.1 Å². The number of benzene rings is 1. The van der Waals surface area contributed by atoms with Crippen molar-refractivity contribution < 1.29 is 14.3 Å². The van der Waals surface area contributed by atoms with Crippen LogP contribution >= 0.6 is 0 Å². The Balaban J connectivity index is 1.84. The van der Waals surface area contributed by atoms with Gasteiger partial charge >= 0.3 is 0 Å². The average Bonchev–Trinajstić information content (AvgIpc) is 2.71. The molecule has 1 heterocycles. The highest BCUT2D eigenvalue weighted by Gasteiger charge is 2.39. The van der Waals surface area contributed by atoms with E-state index in [1.54, 1.807) is 7.11 Å². The molecule has 0 saturated carbocycles. The minimum Gasteiger partial charge on any atom is -0.496 e. The summed E-state index contributed by atoms with van der Waals surface area (Å²) < 4.78 is 12.1. The molecule has 0 saturated heterocycles. The lowest BCUT2D eigenvalue weighted by Gasteiger charge is -2.37. The second-order valence-corrected chi connectivity index (χ2v) is 11.6. The van der Waals surface area contributed by atoms with Gasteiger partial charge in [0.25, 0.3) is 0 Å². The molecule has 0 spiro atoms. The molecule has 1 aliphatic heterocycles. The lowest BCUT2D eigenvalue weighted by atomic mass is 9.83. The maximum absolute atomic E-state index is 13.1. The molecule has 0 aromatic heterocycles. The van der Waals surface area contributed by atoms with E-state index in [-0.39, 0.29) is 5.78 Å². The fourth-order valence-electron chi connectivity index (χ4n) is 5.52. The molecule has 0 N–H and O–H groups in total. The van der Waals surface area contributed by atoms with E-state index in [0.717, 1.165) is 64.3 Å². The molecular formula is C30H50O3. The van der Waals surface area contributed by atoms with Crippen LogP contribution in [0.3, 0.4) is 0 Å². The molecule has 3 nitrogen and oxygen atoms in total. The van der Waals surface area contributed by atoms with Crippen molar-refractivity contribution in [1.82, 2.24) is 0 Å². The van der Waals surface area contributed by atoms with Gasteiger partial charge in [-0.2, -0.15) is 0 Å². The Morgan fingerprint density at radius 3 is 1.94 bits per heavy atom. The average molecular weight is 459 g/mol. The van der Waals surface area contributed by atoms with Crippen LogP contribution in [0.5, 0.6) is 11.5 Å². The van der Waals surface area contributed by atoms with Gasteiger partial charge in [-0.3, -0.25) is 4.79 Å². The summed E-state index contributed by atoms with van der Waals surface area (Å²) in [4.78, 5) is 13.1. The molecular weight excluding hydrogens is 408 g/mol. The quantitative estimate of drug-likeness (QED) is 0.296. The second kappa shape index (κ2) is 12.3. The third-order valence-electron chi connectivity index (χ3n) is 7.83. The minimum absolute atomic E-state index is 0.192. The molecule has 0 aliphatic carbocycles. The molecule has 1 aromatic rings. The summed E-state index contributed by atoms with van der Waals surface area (Å²) in [6, 6.07) is 0. The van der Waals surface area contributed by atoms with Crippen molar-refractivity contribution in [2.45, 2.75) is 125 Å². The van der Waals surface area contributed by atoms with Gasteiger partial charge in [-0.15, -0.1) is 0 Å². The number of fused-ring (bicyclic) bond motifs is 1. The summed E-state index contributed by atoms with van der Waals surface area (Å²) >= 11 is 0. The lowest BCUT2D eigenvalue weighted by molar-refractivity contribution is 0.0438. The van der Waals surface area contributed by atoms with Gasteiger partial charge in [0.15, 0.2) is 5.78 Å². The normalized spacial score (nSPS) is 19.9. The first kappa shape index (κ1) is 27.7. The summed E-state index contributed by atoms with van der Waals surface area (Å²) in [7, 11) is 1.67. The van der Waals surface area contributed by atoms with Crippen molar-refractivity contribution in [1.29, 1.82) is 0 Å². The first-order valence-electron chi connectivity index (χ1n) is 13.4. The topological polar surface area (TPSA) is 35.5 Å². The molecule has 0 amide bonds. The number of carbonyl (C=O) groups is 1. The number of ether oxygens (including phenoxy) is 2. The van der Waals surface area contributed by atoms with Crippen molar-refractivity contribution >= 4 is 5.78 Å². The van der Waals surface area contributed by atoms with Crippen LogP contribution in [-0.4, -0.2) is 18.5 Å². The second-order valence-electron chi connectivity index (χ2n) is 11.6. The molecule has 0 bridgehead atoms. The first-order valence-corrected chi connectivity index (χ1v) is 13.4. The number of hydrogen-bond acceptors (Lipinski definition) is 3. The Bertz CT molecular complexity index is 794. The number of Topliss-reactive ketones (excluding diaryl/α,β-unsaturated/α-hetero) is 1. The Morgan fingerprint density at radius 1 is 0.848 bits per heavy atom. The van der Waals surface area contributed by atoms with Crippen LogP contribution in [-0.2, 0) is 0 Å². The maximum atomic E-state index is 13.1. The monoisotopic (exact) mass is 458 g/mol. The van der Waals surface area contributed by atoms with Crippen molar-refractivity contribution in [3.05, 3.63) is 22.3 Å². The van der Waals surface area contributed by atoms with Crippen LogP contribution in [0.25, 0.3) is 0 Å². The predicted molar refractivity (Wildman–Crippen MR) is 140 cm³/mol. The molecule has 3 atom stereocenters. The largest absolute Gasteiger partial charge is 0.496 e. The molecule has 33 heavy (non-hydrogen) atoms. The summed E-state index contributed by atoms with van der Waals surface area (Å²) in [6.07, 6.45) is 11.8. The SMILES string of the molecule is COc1c(C)c(C)c2c(c1C)C(=O)CC(C)(CCCC(C)CCCC(C)CCCC(C)C)O2. The van der Waals surface area contributed by atoms with E-state index in [1.807, 2.05) is 20.8 Å². The third kappa shape index (κ3) is 7.49. The van der Waals surface area contributed by atoms with E-state index < -0.39 is 5.60 Å². The Hall–Kier alpha value is -1.51. The van der Waals surface area contributed by atoms with Crippen LogP contribution in [0.1, 0.15) is 126 Å². The van der Waals surface area contributed by atoms with E-state index in [1.165, 1.54) is 44.9 Å². The Labute approximate surface area is 204 Å². The fraction of sp³-hybridized carbons (Fsp3) is 0.767. The molecule has 1 aliphatic rings. The number of methoxy groups -OCH3 is 1. The lowest BCUT2D eigenvalue weighted by Crippen LogP contribution is -2.40. The van der Waals surface area contributed by atoms with Crippen LogP contribution in [0, 0.1) is 38.5 Å². The van der Waals surface area contributed by atoms with Gasteiger partial charge in [-0.25, -0.2) is 0 Å². The zero-order valence-corrected chi connectivity index (χ0v) is 23.0. The van der Waals surface area contributed by atoms with Crippen molar-refractivity contribution in [2.24, 2.45) is 17.8 Å². The fourth-order valence-corrected chi connectivity index (χ4v) is 5.52. The van der Waals surface area contributed by atoms with Crippen molar-refractivity contribution in [2.75, 3.05) is 7.11 Å². The summed E-state index contributed by atoms with van der Waals surface area (Å²) in [5.74, 6) is 4.20. The van der Waals surface area contributed by atoms with Crippen LogP contribution in [0.4, 0.5) is 0 Å². The Kier molecular flexibility index (Phi) is 10.3. The van der Waals surface area contributed by atoms with E-state index in [9.17, 15) is 4.79 Å². The van der Waals surface area contributed by atoms with Crippen molar-refractivity contribution in [3.63, 3.8) is 0 Å². The van der Waals surface area contributed by atoms with Crippen LogP contribution in [0.2, 0.25) is 0 Å². The zero-order chi connectivity index (χ0) is 24.8. The molecule has 1 aromatic carbocycles. The van der Waals surface area contributed by atoms with E-state index in [0.29, 0.717) is 6.42 Å². The molecule has 0 fully saturated rings. The van der Waals surface area contributed by atoms with Gasteiger partial charge in [-0.05, 0) is 69.4 Å². The number of carbonyl (C=O) groups excluding carboxylic acids is 1. The highest BCUT2D eigenvalue weighted by Crippen LogP contribution is 2.44. The highest BCUT2D eigenvalue weighted by atomic mass is 16.5. The smallest absolute Gasteiger partial charge is 0.170 e. The maximum Gasteiger partial charge on any atom is 0.170 e. The third-order valence-corrected chi connectivity index (χ3v) is 7.83. The van der Waals surface area contributed by atoms with Gasteiger partial charge in [-0.1, -0.05) is 72.6 Å². The van der Waals surface area contributed by atoms with Crippen LogP contribution < -0.4 is 9.47 Å². The van der Waals surface area contributed by atoms with Crippen LogP contribution in [0.15, 0.2) is 0 Å². The van der Waals surface area contributed by atoms with E-state index in [2.05, 4.69) is 34.6 Å². The van der Waals surface area contributed by atoms with Gasteiger partial charge in [0.1, 0.15) is 17.1 Å². The predicted octanol–water partition coefficient (Wildman–Crippen LogP) is 8.78. The molecule has 0 radical (unpaired) electrons. The molecule has 188 valence electrons. The van der Waals surface area contributed by atoms with E-state index >= 15 is 0 Å². The number of ketones is 1. The number of rotatable bonds is 13. The summed E-state index contributed by atoms with van der Waals surface area (Å²) in [6.45, 7) is 17.6. The standard InChI is InChI=1S/C30H50O3/c1-20(2)13-10-14-21(3)15-11-16-22(4)17-12-18-30(8)19-26(31)27-25(7)28(32-9)23(5)24(6)29(27)33-30/h20-22H,10-19H2,1-9H3. The van der Waals surface area contributed by atoms with E-state index in [4.69, 9.17) is 9.47 Å². The molecule has 3 heteroatoms. The zero-order valence-electron chi connectivity index (χ0n) is 23.0. The van der Waals surface area contributed by atoms with Gasteiger partial charge in [0, 0.05) is 5.56 Å². The minimum atomic E-state index is -0.410. The Morgan fingerprint density at radius 2 is 1.39 bits per heavy atom.